The minimum absolute atomic E-state index is 0.0646. The minimum Gasteiger partial charge on any atom is -0.417 e. The van der Waals surface area contributed by atoms with Gasteiger partial charge in [-0.2, -0.15) is 13.2 Å². The Kier molecular flexibility index (Phi) is 5.01. The zero-order valence-corrected chi connectivity index (χ0v) is 14.5. The number of carbonyl (C=O) groups is 1. The average Bonchev–Trinajstić information content (AvgIpc) is 3.21. The van der Waals surface area contributed by atoms with Crippen LogP contribution in [0, 0.1) is 13.8 Å². The fourth-order valence-corrected chi connectivity index (χ4v) is 3.17. The number of halogens is 3. The Hall–Kier alpha value is -2.39. The van der Waals surface area contributed by atoms with Crippen LogP contribution in [0.5, 0.6) is 0 Å². The normalized spacial score (nSPS) is 18.3. The van der Waals surface area contributed by atoms with Crippen molar-refractivity contribution in [3.05, 3.63) is 28.8 Å². The highest BCUT2D eigenvalue weighted by Gasteiger charge is 2.39. The first-order chi connectivity index (χ1) is 12.3. The molecule has 0 aliphatic carbocycles. The summed E-state index contributed by atoms with van der Waals surface area (Å²) in [5, 5.41) is 10.4. The third-order valence-corrected chi connectivity index (χ3v) is 4.58. The number of likely N-dealkylation sites (tertiary alicyclic amines) is 1. The second kappa shape index (κ2) is 7.08. The lowest BCUT2D eigenvalue weighted by atomic mass is 9.97. The van der Waals surface area contributed by atoms with E-state index in [1.807, 2.05) is 6.92 Å². The molecule has 1 atom stereocenters. The van der Waals surface area contributed by atoms with Crippen LogP contribution in [0.1, 0.15) is 54.0 Å². The van der Waals surface area contributed by atoms with E-state index >= 15 is 0 Å². The van der Waals surface area contributed by atoms with Crippen LogP contribution in [0.3, 0.4) is 0 Å². The minimum atomic E-state index is -4.66. The van der Waals surface area contributed by atoms with E-state index in [-0.39, 0.29) is 30.7 Å². The van der Waals surface area contributed by atoms with Crippen molar-refractivity contribution in [2.75, 3.05) is 13.1 Å². The number of amides is 1. The third-order valence-electron chi connectivity index (χ3n) is 4.58. The SMILES string of the molecule is Cc1noc(C)c1CCC(=O)N1CCC[C@H](c2nnc(C(F)(F)F)o2)C1. The Morgan fingerprint density at radius 3 is 2.69 bits per heavy atom. The second-order valence-corrected chi connectivity index (χ2v) is 6.42. The maximum atomic E-state index is 12.6. The van der Waals surface area contributed by atoms with E-state index in [0.717, 1.165) is 11.3 Å². The number of alkyl halides is 3. The molecule has 26 heavy (non-hydrogen) atoms. The highest BCUT2D eigenvalue weighted by molar-refractivity contribution is 5.76. The van der Waals surface area contributed by atoms with Crippen LogP contribution >= 0.6 is 0 Å². The summed E-state index contributed by atoms with van der Waals surface area (Å²) in [5.41, 5.74) is 1.68. The van der Waals surface area contributed by atoms with Gasteiger partial charge in [-0.3, -0.25) is 4.79 Å². The lowest BCUT2D eigenvalue weighted by Crippen LogP contribution is -2.39. The Bertz CT molecular complexity index is 765. The monoisotopic (exact) mass is 372 g/mol. The molecule has 1 aliphatic heterocycles. The molecule has 1 fully saturated rings. The van der Waals surface area contributed by atoms with Gasteiger partial charge in [0.25, 0.3) is 0 Å². The number of piperidine rings is 1. The molecule has 10 heteroatoms. The average molecular weight is 372 g/mol. The molecular formula is C16H19F3N4O3. The van der Waals surface area contributed by atoms with E-state index in [4.69, 9.17) is 8.94 Å². The summed E-state index contributed by atoms with van der Waals surface area (Å²) in [6, 6.07) is 0. The molecule has 0 spiro atoms. The molecule has 1 saturated heterocycles. The summed E-state index contributed by atoms with van der Waals surface area (Å²) in [6.07, 6.45) is -2.59. The maximum absolute atomic E-state index is 12.6. The van der Waals surface area contributed by atoms with E-state index in [1.165, 1.54) is 0 Å². The van der Waals surface area contributed by atoms with Crippen LogP contribution in [0.15, 0.2) is 8.94 Å². The Morgan fingerprint density at radius 2 is 2.08 bits per heavy atom. The van der Waals surface area contributed by atoms with Crippen LogP contribution in [-0.2, 0) is 17.4 Å². The molecule has 0 saturated carbocycles. The lowest BCUT2D eigenvalue weighted by Gasteiger charge is -2.31. The zero-order valence-electron chi connectivity index (χ0n) is 14.5. The largest absolute Gasteiger partial charge is 0.470 e. The standard InChI is InChI=1S/C16H19F3N4O3/c1-9-12(10(2)26-22-9)5-6-13(24)23-7-3-4-11(8-23)14-20-21-15(25-14)16(17,18)19/h11H,3-8H2,1-2H3/t11-/m0/s1. The number of aryl methyl sites for hydroxylation is 2. The molecule has 1 aliphatic rings. The molecule has 0 unspecified atom stereocenters. The topological polar surface area (TPSA) is 85.3 Å². The second-order valence-electron chi connectivity index (χ2n) is 6.42. The molecule has 0 bridgehead atoms. The number of aromatic nitrogens is 3. The van der Waals surface area contributed by atoms with E-state index in [1.54, 1.807) is 11.8 Å². The van der Waals surface area contributed by atoms with E-state index in [9.17, 15) is 18.0 Å². The van der Waals surface area contributed by atoms with Crippen molar-refractivity contribution in [3.8, 4) is 0 Å². The van der Waals surface area contributed by atoms with Gasteiger partial charge in [-0.25, -0.2) is 0 Å². The number of hydrogen-bond acceptors (Lipinski definition) is 6. The van der Waals surface area contributed by atoms with Crippen molar-refractivity contribution in [2.24, 2.45) is 0 Å². The Balaban J connectivity index is 1.61. The first-order valence-electron chi connectivity index (χ1n) is 8.36. The zero-order chi connectivity index (χ0) is 18.9. The molecule has 0 N–H and O–H groups in total. The Morgan fingerprint density at radius 1 is 1.31 bits per heavy atom. The molecule has 7 nitrogen and oxygen atoms in total. The van der Waals surface area contributed by atoms with Gasteiger partial charge in [0.1, 0.15) is 5.76 Å². The lowest BCUT2D eigenvalue weighted by molar-refractivity contribution is -0.157. The fraction of sp³-hybridized carbons (Fsp3) is 0.625. The first-order valence-corrected chi connectivity index (χ1v) is 8.36. The van der Waals surface area contributed by atoms with Crippen LogP contribution in [-0.4, -0.2) is 39.3 Å². The van der Waals surface area contributed by atoms with Crippen molar-refractivity contribution in [2.45, 2.75) is 51.6 Å². The maximum Gasteiger partial charge on any atom is 0.470 e. The Labute approximate surface area is 147 Å². The van der Waals surface area contributed by atoms with Gasteiger partial charge >= 0.3 is 12.1 Å². The van der Waals surface area contributed by atoms with Gasteiger partial charge in [-0.1, -0.05) is 5.16 Å². The van der Waals surface area contributed by atoms with E-state index < -0.39 is 12.1 Å². The van der Waals surface area contributed by atoms with Gasteiger partial charge in [0.05, 0.1) is 11.6 Å². The number of rotatable bonds is 4. The smallest absolute Gasteiger partial charge is 0.417 e. The van der Waals surface area contributed by atoms with Crippen molar-refractivity contribution in [1.29, 1.82) is 0 Å². The van der Waals surface area contributed by atoms with Gasteiger partial charge < -0.3 is 13.8 Å². The van der Waals surface area contributed by atoms with Crippen LogP contribution in [0.4, 0.5) is 13.2 Å². The highest BCUT2D eigenvalue weighted by Crippen LogP contribution is 2.32. The van der Waals surface area contributed by atoms with Crippen LogP contribution in [0.25, 0.3) is 0 Å². The number of carbonyl (C=O) groups excluding carboxylic acids is 1. The van der Waals surface area contributed by atoms with Gasteiger partial charge in [0.15, 0.2) is 0 Å². The summed E-state index contributed by atoms with van der Waals surface area (Å²) in [7, 11) is 0. The highest BCUT2D eigenvalue weighted by atomic mass is 19.4. The van der Waals surface area contributed by atoms with Crippen LogP contribution < -0.4 is 0 Å². The van der Waals surface area contributed by atoms with Gasteiger partial charge in [0.2, 0.25) is 11.8 Å². The van der Waals surface area contributed by atoms with Crippen molar-refractivity contribution < 1.29 is 26.9 Å². The summed E-state index contributed by atoms with van der Waals surface area (Å²) in [6.45, 7) is 4.46. The van der Waals surface area contributed by atoms with E-state index in [0.29, 0.717) is 31.6 Å². The molecular weight excluding hydrogens is 353 g/mol. The predicted molar refractivity (Wildman–Crippen MR) is 82.2 cm³/mol. The molecule has 142 valence electrons. The molecule has 0 aromatic carbocycles. The number of hydrogen-bond donors (Lipinski definition) is 0. The number of nitrogens with zero attached hydrogens (tertiary/aromatic N) is 4. The van der Waals surface area contributed by atoms with Crippen molar-refractivity contribution >= 4 is 5.91 Å². The quantitative estimate of drug-likeness (QED) is 0.820. The first kappa shape index (κ1) is 18.4. The molecule has 1 amide bonds. The molecule has 3 rings (SSSR count). The third kappa shape index (κ3) is 3.88. The summed E-state index contributed by atoms with van der Waals surface area (Å²) >= 11 is 0. The molecule has 0 radical (unpaired) electrons. The van der Waals surface area contributed by atoms with Gasteiger partial charge in [0, 0.05) is 25.1 Å². The summed E-state index contributed by atoms with van der Waals surface area (Å²) < 4.78 is 47.6. The molecule has 2 aromatic heterocycles. The summed E-state index contributed by atoms with van der Waals surface area (Å²) in [5.74, 6) is -1.17. The predicted octanol–water partition coefficient (Wildman–Crippen LogP) is 3.03. The summed E-state index contributed by atoms with van der Waals surface area (Å²) in [4.78, 5) is 14.1. The molecule has 3 heterocycles. The fourth-order valence-electron chi connectivity index (χ4n) is 3.17. The van der Waals surface area contributed by atoms with E-state index in [2.05, 4.69) is 15.4 Å². The van der Waals surface area contributed by atoms with Crippen LogP contribution in [0.2, 0.25) is 0 Å². The van der Waals surface area contributed by atoms with Gasteiger partial charge in [-0.05, 0) is 33.1 Å². The molecule has 2 aromatic rings. The van der Waals surface area contributed by atoms with Crippen molar-refractivity contribution in [3.63, 3.8) is 0 Å². The van der Waals surface area contributed by atoms with Crippen molar-refractivity contribution in [1.82, 2.24) is 20.3 Å². The van der Waals surface area contributed by atoms with Gasteiger partial charge in [-0.15, -0.1) is 10.2 Å².